The van der Waals surface area contributed by atoms with Gasteiger partial charge in [-0.3, -0.25) is 4.90 Å². The molecule has 0 bridgehead atoms. The summed E-state index contributed by atoms with van der Waals surface area (Å²) in [6, 6.07) is 12.4. The van der Waals surface area contributed by atoms with Gasteiger partial charge in [0.2, 0.25) is 10.0 Å². The summed E-state index contributed by atoms with van der Waals surface area (Å²) in [7, 11) is -2.10. The Morgan fingerprint density at radius 1 is 0.938 bits per heavy atom. The normalized spacial score (nSPS) is 15.8. The number of benzene rings is 2. The van der Waals surface area contributed by atoms with E-state index < -0.39 is 10.0 Å². The Bertz CT molecular complexity index is 974. The fourth-order valence-corrected chi connectivity index (χ4v) is 5.13. The highest BCUT2D eigenvalue weighted by molar-refractivity contribution is 7.89. The molecule has 32 heavy (non-hydrogen) atoms. The fraction of sp³-hybridized carbons (Fsp3) is 0.500. The lowest BCUT2D eigenvalue weighted by molar-refractivity contribution is 0.162. The average molecular weight is 463 g/mol. The number of hydrogen-bond acceptors (Lipinski definition) is 6. The van der Waals surface area contributed by atoms with E-state index in [2.05, 4.69) is 9.62 Å². The van der Waals surface area contributed by atoms with Gasteiger partial charge >= 0.3 is 0 Å². The summed E-state index contributed by atoms with van der Waals surface area (Å²) in [5.41, 5.74) is 0.987. The van der Waals surface area contributed by atoms with E-state index in [1.165, 1.54) is 12.5 Å². The Morgan fingerprint density at radius 3 is 2.31 bits per heavy atom. The van der Waals surface area contributed by atoms with Crippen LogP contribution in [0.4, 0.5) is 0 Å². The molecule has 1 aliphatic rings. The Hall–Kier alpha value is -2.29. The summed E-state index contributed by atoms with van der Waals surface area (Å²) in [5.74, 6) is 1.73. The highest BCUT2D eigenvalue weighted by Crippen LogP contribution is 2.33. The highest BCUT2D eigenvalue weighted by atomic mass is 32.2. The van der Waals surface area contributed by atoms with Gasteiger partial charge in [0.15, 0.2) is 11.5 Å². The topological polar surface area (TPSA) is 77.1 Å². The number of ether oxygens (including phenoxy) is 3. The van der Waals surface area contributed by atoms with Crippen LogP contribution in [0.15, 0.2) is 47.4 Å². The van der Waals surface area contributed by atoms with Crippen LogP contribution in [0.25, 0.3) is 0 Å². The van der Waals surface area contributed by atoms with Gasteiger partial charge in [0.25, 0.3) is 0 Å². The van der Waals surface area contributed by atoms with Crippen LogP contribution in [0.2, 0.25) is 0 Å². The van der Waals surface area contributed by atoms with Crippen molar-refractivity contribution in [3.05, 3.63) is 48.0 Å². The van der Waals surface area contributed by atoms with Crippen molar-refractivity contribution in [2.75, 3.05) is 40.0 Å². The van der Waals surface area contributed by atoms with Crippen LogP contribution in [-0.2, 0) is 10.0 Å². The molecule has 0 unspecified atom stereocenters. The van der Waals surface area contributed by atoms with Gasteiger partial charge in [-0.1, -0.05) is 24.6 Å². The van der Waals surface area contributed by atoms with E-state index in [1.807, 2.05) is 38.1 Å². The summed E-state index contributed by atoms with van der Waals surface area (Å²) in [4.78, 5) is 2.50. The molecule has 2 aromatic carbocycles. The minimum absolute atomic E-state index is 0.115. The zero-order chi connectivity index (χ0) is 23.0. The lowest BCUT2D eigenvalue weighted by Crippen LogP contribution is -2.40. The van der Waals surface area contributed by atoms with Gasteiger partial charge in [-0.25, -0.2) is 13.1 Å². The third-order valence-corrected chi connectivity index (χ3v) is 7.04. The first kappa shape index (κ1) is 24.4. The molecule has 1 fully saturated rings. The summed E-state index contributed by atoms with van der Waals surface area (Å²) in [5, 5.41) is 0. The Morgan fingerprint density at radius 2 is 1.62 bits per heavy atom. The Labute approximate surface area is 191 Å². The molecule has 1 aliphatic heterocycles. The molecule has 1 atom stereocenters. The quantitative estimate of drug-likeness (QED) is 0.544. The fourth-order valence-electron chi connectivity index (χ4n) is 4.08. The third-order valence-electron chi connectivity index (χ3n) is 5.62. The van der Waals surface area contributed by atoms with Crippen LogP contribution in [0.1, 0.15) is 44.7 Å². The number of sulfonamides is 1. The van der Waals surface area contributed by atoms with Gasteiger partial charge in [-0.2, -0.15) is 0 Å². The maximum absolute atomic E-state index is 13.2. The van der Waals surface area contributed by atoms with E-state index in [9.17, 15) is 8.42 Å². The number of para-hydroxylation sites is 1. The number of nitrogens with one attached hydrogen (secondary N) is 1. The zero-order valence-corrected chi connectivity index (χ0v) is 20.0. The lowest BCUT2D eigenvalue weighted by atomic mass is 10.0. The lowest BCUT2D eigenvalue weighted by Gasteiger charge is -2.35. The number of likely N-dealkylation sites (tertiary alicyclic amines) is 1. The molecule has 0 saturated carbocycles. The number of rotatable bonds is 11. The molecule has 1 saturated heterocycles. The molecule has 2 aromatic rings. The van der Waals surface area contributed by atoms with E-state index in [4.69, 9.17) is 14.2 Å². The van der Waals surface area contributed by atoms with Crippen molar-refractivity contribution < 1.29 is 22.6 Å². The van der Waals surface area contributed by atoms with E-state index in [-0.39, 0.29) is 17.5 Å². The van der Waals surface area contributed by atoms with Crippen molar-refractivity contribution in [2.45, 2.75) is 44.0 Å². The summed E-state index contributed by atoms with van der Waals surface area (Å²) in [6.07, 6.45) is 3.41. The zero-order valence-electron chi connectivity index (χ0n) is 19.2. The van der Waals surface area contributed by atoms with Crippen LogP contribution in [-0.4, -0.2) is 53.3 Å². The molecule has 176 valence electrons. The molecular weight excluding hydrogens is 428 g/mol. The van der Waals surface area contributed by atoms with Crippen molar-refractivity contribution in [1.29, 1.82) is 0 Å². The van der Waals surface area contributed by atoms with E-state index in [0.29, 0.717) is 24.7 Å². The molecule has 1 heterocycles. The van der Waals surface area contributed by atoms with Gasteiger partial charge in [0, 0.05) is 18.2 Å². The van der Waals surface area contributed by atoms with Crippen molar-refractivity contribution >= 4 is 10.0 Å². The SMILES string of the molecule is CCOc1ccc(S(=O)(=O)NC[C@@H](c2ccccc2OC)N2CCCCC2)cc1OCC. The Balaban J connectivity index is 1.85. The van der Waals surface area contributed by atoms with Crippen LogP contribution >= 0.6 is 0 Å². The van der Waals surface area contributed by atoms with Gasteiger partial charge < -0.3 is 14.2 Å². The second-order valence-corrected chi connectivity index (χ2v) is 9.45. The first-order chi connectivity index (χ1) is 15.5. The van der Waals surface area contributed by atoms with Gasteiger partial charge in [0.05, 0.1) is 31.3 Å². The molecule has 1 N–H and O–H groups in total. The standard InChI is InChI=1S/C24H34N2O5S/c1-4-30-23-14-13-19(17-24(23)31-5-2)32(27,28)25-18-21(26-15-9-6-10-16-26)20-11-7-8-12-22(20)29-3/h7-8,11-14,17,21,25H,4-6,9-10,15-16,18H2,1-3H3/t21-/m0/s1. The molecule has 3 rings (SSSR count). The minimum Gasteiger partial charge on any atom is -0.496 e. The van der Waals surface area contributed by atoms with E-state index >= 15 is 0 Å². The predicted molar refractivity (Wildman–Crippen MR) is 125 cm³/mol. The van der Waals surface area contributed by atoms with Crippen LogP contribution in [0.5, 0.6) is 17.2 Å². The van der Waals surface area contributed by atoms with E-state index in [0.717, 1.165) is 37.2 Å². The minimum atomic E-state index is -3.75. The molecule has 0 radical (unpaired) electrons. The van der Waals surface area contributed by atoms with Crippen LogP contribution in [0.3, 0.4) is 0 Å². The van der Waals surface area contributed by atoms with E-state index in [1.54, 1.807) is 19.2 Å². The average Bonchev–Trinajstić information content (AvgIpc) is 2.81. The van der Waals surface area contributed by atoms with Crippen molar-refractivity contribution in [2.24, 2.45) is 0 Å². The first-order valence-electron chi connectivity index (χ1n) is 11.3. The maximum Gasteiger partial charge on any atom is 0.240 e. The smallest absolute Gasteiger partial charge is 0.240 e. The predicted octanol–water partition coefficient (Wildman–Crippen LogP) is 4.00. The summed E-state index contributed by atoms with van der Waals surface area (Å²) in [6.45, 7) is 6.73. The largest absolute Gasteiger partial charge is 0.496 e. The molecular formula is C24H34N2O5S. The van der Waals surface area contributed by atoms with Crippen LogP contribution in [0, 0.1) is 0 Å². The van der Waals surface area contributed by atoms with Crippen LogP contribution < -0.4 is 18.9 Å². The van der Waals surface area contributed by atoms with Crippen molar-refractivity contribution in [1.82, 2.24) is 9.62 Å². The van der Waals surface area contributed by atoms with Gasteiger partial charge in [-0.05, 0) is 58.0 Å². The molecule has 8 heteroatoms. The maximum atomic E-state index is 13.2. The van der Waals surface area contributed by atoms with Gasteiger partial charge in [0.1, 0.15) is 5.75 Å². The summed E-state index contributed by atoms with van der Waals surface area (Å²) < 4.78 is 45.9. The van der Waals surface area contributed by atoms with Gasteiger partial charge in [-0.15, -0.1) is 0 Å². The molecule has 0 spiro atoms. The van der Waals surface area contributed by atoms with Crippen molar-refractivity contribution in [3.8, 4) is 17.2 Å². The number of nitrogens with zero attached hydrogens (tertiary/aromatic N) is 1. The number of piperidine rings is 1. The number of methoxy groups -OCH3 is 1. The second kappa shape index (κ2) is 11.5. The molecule has 7 nitrogen and oxygen atoms in total. The molecule has 0 amide bonds. The highest BCUT2D eigenvalue weighted by Gasteiger charge is 2.27. The van der Waals surface area contributed by atoms with Crippen molar-refractivity contribution in [3.63, 3.8) is 0 Å². The first-order valence-corrected chi connectivity index (χ1v) is 12.7. The number of hydrogen-bond donors (Lipinski definition) is 1. The summed E-state index contributed by atoms with van der Waals surface area (Å²) >= 11 is 0. The monoisotopic (exact) mass is 462 g/mol. The Kier molecular flexibility index (Phi) is 8.78. The molecule has 0 aromatic heterocycles. The third kappa shape index (κ3) is 5.94. The second-order valence-electron chi connectivity index (χ2n) is 7.68. The molecule has 0 aliphatic carbocycles.